The summed E-state index contributed by atoms with van der Waals surface area (Å²) in [5.41, 5.74) is 10.3. The van der Waals surface area contributed by atoms with Gasteiger partial charge in [0, 0.05) is 24.8 Å². The molecule has 25 heavy (non-hydrogen) atoms. The van der Waals surface area contributed by atoms with E-state index in [1.807, 2.05) is 11.8 Å². The number of fused-ring (bicyclic) bond motifs is 1. The number of nitrogens with zero attached hydrogens (tertiary/aromatic N) is 4. The minimum absolute atomic E-state index is 0.217. The predicted molar refractivity (Wildman–Crippen MR) is 103 cm³/mol. The predicted octanol–water partition coefficient (Wildman–Crippen LogP) is 2.37. The summed E-state index contributed by atoms with van der Waals surface area (Å²) < 4.78 is 2.08. The second-order valence-corrected chi connectivity index (χ2v) is 8.28. The molecule has 2 N–H and O–H groups in total. The largest absolute Gasteiger partial charge is 0.326 e. The molecule has 4 rings (SSSR count). The van der Waals surface area contributed by atoms with Crippen molar-refractivity contribution in [1.29, 1.82) is 0 Å². The molecule has 0 bridgehead atoms. The fourth-order valence-electron chi connectivity index (χ4n) is 4.10. The van der Waals surface area contributed by atoms with Gasteiger partial charge in [-0.1, -0.05) is 6.07 Å². The molecule has 2 atom stereocenters. The summed E-state index contributed by atoms with van der Waals surface area (Å²) in [6.07, 6.45) is 7.64. The van der Waals surface area contributed by atoms with Crippen LogP contribution in [0.1, 0.15) is 41.7 Å². The Bertz CT molecular complexity index is 756. The zero-order valence-corrected chi connectivity index (χ0v) is 15.9. The highest BCUT2D eigenvalue weighted by atomic mass is 32.2. The van der Waals surface area contributed by atoms with Crippen molar-refractivity contribution in [3.8, 4) is 5.69 Å². The first kappa shape index (κ1) is 17.1. The molecule has 2 heterocycles. The van der Waals surface area contributed by atoms with E-state index in [1.165, 1.54) is 30.4 Å². The van der Waals surface area contributed by atoms with Gasteiger partial charge in [0.25, 0.3) is 0 Å². The highest BCUT2D eigenvalue weighted by Crippen LogP contribution is 2.31. The van der Waals surface area contributed by atoms with Crippen LogP contribution in [-0.2, 0) is 19.3 Å². The molecule has 1 fully saturated rings. The second-order valence-electron chi connectivity index (χ2n) is 7.30. The zero-order valence-electron chi connectivity index (χ0n) is 15.1. The lowest BCUT2D eigenvalue weighted by molar-refractivity contribution is 0.301. The van der Waals surface area contributed by atoms with Crippen molar-refractivity contribution in [2.24, 2.45) is 5.73 Å². The minimum Gasteiger partial charge on any atom is -0.326 e. The summed E-state index contributed by atoms with van der Waals surface area (Å²) in [4.78, 5) is 7.24. The summed E-state index contributed by atoms with van der Waals surface area (Å²) in [6, 6.07) is 7.26. The molecular formula is C19H27N5S. The van der Waals surface area contributed by atoms with E-state index in [1.54, 1.807) is 0 Å². The number of nitrogens with two attached hydrogens (primary N) is 1. The monoisotopic (exact) mass is 357 g/mol. The van der Waals surface area contributed by atoms with Gasteiger partial charge in [0.1, 0.15) is 5.82 Å². The van der Waals surface area contributed by atoms with E-state index < -0.39 is 0 Å². The summed E-state index contributed by atoms with van der Waals surface area (Å²) in [5, 5.41) is 4.87. The van der Waals surface area contributed by atoms with Crippen molar-refractivity contribution in [2.75, 3.05) is 25.6 Å². The van der Waals surface area contributed by atoms with Gasteiger partial charge in [0.2, 0.25) is 0 Å². The summed E-state index contributed by atoms with van der Waals surface area (Å²) in [5.74, 6) is 3.04. The Morgan fingerprint density at radius 3 is 2.88 bits per heavy atom. The van der Waals surface area contributed by atoms with E-state index in [0.29, 0.717) is 0 Å². The molecule has 1 aromatic heterocycles. The molecule has 1 aromatic carbocycles. The number of likely N-dealkylation sites (N-methyl/N-ethyl adjacent to an activating group) is 1. The van der Waals surface area contributed by atoms with Gasteiger partial charge in [0.15, 0.2) is 5.82 Å². The maximum absolute atomic E-state index is 6.20. The van der Waals surface area contributed by atoms with Gasteiger partial charge in [0.05, 0.1) is 11.7 Å². The average Bonchev–Trinajstić information content (AvgIpc) is 3.30. The topological polar surface area (TPSA) is 60.0 Å². The quantitative estimate of drug-likeness (QED) is 0.890. The minimum atomic E-state index is 0.217. The van der Waals surface area contributed by atoms with Crippen LogP contribution >= 0.6 is 11.8 Å². The molecule has 1 aliphatic carbocycles. The van der Waals surface area contributed by atoms with Crippen molar-refractivity contribution in [3.63, 3.8) is 0 Å². The van der Waals surface area contributed by atoms with Crippen LogP contribution < -0.4 is 5.73 Å². The lowest BCUT2D eigenvalue weighted by atomic mass is 10.1. The first-order valence-corrected chi connectivity index (χ1v) is 10.6. The Kier molecular flexibility index (Phi) is 4.84. The Balaban J connectivity index is 1.73. The molecule has 6 heteroatoms. The first-order chi connectivity index (χ1) is 12.2. The van der Waals surface area contributed by atoms with Crippen LogP contribution in [0, 0.1) is 0 Å². The van der Waals surface area contributed by atoms with Crippen molar-refractivity contribution < 1.29 is 0 Å². The first-order valence-electron chi connectivity index (χ1n) is 9.18. The van der Waals surface area contributed by atoms with Crippen LogP contribution in [0.2, 0.25) is 0 Å². The fraction of sp³-hybridized carbons (Fsp3) is 0.579. The van der Waals surface area contributed by atoms with Crippen LogP contribution in [0.25, 0.3) is 5.69 Å². The van der Waals surface area contributed by atoms with E-state index in [9.17, 15) is 0 Å². The molecule has 0 amide bonds. The molecule has 134 valence electrons. The number of hydrogen-bond acceptors (Lipinski definition) is 5. The Hall–Kier alpha value is -1.37. The van der Waals surface area contributed by atoms with Crippen molar-refractivity contribution in [1.82, 2.24) is 19.7 Å². The third-order valence-electron chi connectivity index (χ3n) is 5.41. The summed E-state index contributed by atoms with van der Waals surface area (Å²) >= 11 is 1.84. The highest BCUT2D eigenvalue weighted by Gasteiger charge is 2.33. The van der Waals surface area contributed by atoms with Gasteiger partial charge in [-0.3, -0.25) is 4.90 Å². The fourth-order valence-corrected chi connectivity index (χ4v) is 4.49. The maximum Gasteiger partial charge on any atom is 0.152 e. The van der Waals surface area contributed by atoms with Gasteiger partial charge in [-0.25, -0.2) is 9.67 Å². The number of benzene rings is 1. The summed E-state index contributed by atoms with van der Waals surface area (Å²) in [7, 11) is 2.14. The van der Waals surface area contributed by atoms with Crippen LogP contribution in [0.3, 0.4) is 0 Å². The number of thioether (sulfide) groups is 1. The molecule has 2 aliphatic rings. The highest BCUT2D eigenvalue weighted by molar-refractivity contribution is 7.98. The smallest absolute Gasteiger partial charge is 0.152 e. The molecular weight excluding hydrogens is 330 g/mol. The number of likely N-dealkylation sites (tertiary alicyclic amines) is 1. The Labute approximate surface area is 154 Å². The van der Waals surface area contributed by atoms with Crippen LogP contribution in [0.5, 0.6) is 0 Å². The van der Waals surface area contributed by atoms with Crippen LogP contribution in [-0.4, -0.2) is 51.3 Å². The van der Waals surface area contributed by atoms with Crippen molar-refractivity contribution >= 4 is 11.8 Å². The lowest BCUT2D eigenvalue weighted by Crippen LogP contribution is -2.24. The van der Waals surface area contributed by atoms with Crippen molar-refractivity contribution in [3.05, 3.63) is 41.0 Å². The standard InChI is InChI=1S/C19H27N5S/c1-23-12-15(20)11-17(23)19-21-18(8-9-25-2)22-24(19)16-7-6-13-4-3-5-14(13)10-16/h6-7,10,15,17H,3-5,8-9,11-12,20H2,1-2H3/t15-,17-/m0/s1. The second kappa shape index (κ2) is 7.09. The average molecular weight is 358 g/mol. The Morgan fingerprint density at radius 1 is 1.28 bits per heavy atom. The third-order valence-corrected chi connectivity index (χ3v) is 6.02. The number of hydrogen-bond donors (Lipinski definition) is 1. The van der Waals surface area contributed by atoms with Gasteiger partial charge in [-0.2, -0.15) is 16.9 Å². The zero-order chi connectivity index (χ0) is 17.4. The molecule has 1 saturated heterocycles. The number of aromatic nitrogens is 3. The molecule has 2 aromatic rings. The Morgan fingerprint density at radius 2 is 2.12 bits per heavy atom. The van der Waals surface area contributed by atoms with Gasteiger partial charge < -0.3 is 5.73 Å². The number of aryl methyl sites for hydroxylation is 3. The normalized spacial score (nSPS) is 23.3. The van der Waals surface area contributed by atoms with Gasteiger partial charge in [-0.15, -0.1) is 0 Å². The third kappa shape index (κ3) is 3.35. The molecule has 5 nitrogen and oxygen atoms in total. The van der Waals surface area contributed by atoms with Crippen LogP contribution in [0.15, 0.2) is 18.2 Å². The van der Waals surface area contributed by atoms with E-state index >= 15 is 0 Å². The number of rotatable bonds is 5. The van der Waals surface area contributed by atoms with Gasteiger partial charge in [-0.05, 0) is 62.2 Å². The summed E-state index contributed by atoms with van der Waals surface area (Å²) in [6.45, 7) is 0.919. The molecule has 0 unspecified atom stereocenters. The van der Waals surface area contributed by atoms with Crippen molar-refractivity contribution in [2.45, 2.75) is 44.2 Å². The lowest BCUT2D eigenvalue weighted by Gasteiger charge is -2.19. The van der Waals surface area contributed by atoms with E-state index in [2.05, 4.69) is 41.1 Å². The molecule has 0 saturated carbocycles. The molecule has 0 radical (unpaired) electrons. The molecule has 0 spiro atoms. The van der Waals surface area contributed by atoms with Crippen LogP contribution in [0.4, 0.5) is 0 Å². The van der Waals surface area contributed by atoms with E-state index in [0.717, 1.165) is 42.5 Å². The SMILES string of the molecule is CSCCc1nc([C@@H]2C[C@H](N)CN2C)n(-c2ccc3c(c2)CCC3)n1. The van der Waals surface area contributed by atoms with E-state index in [-0.39, 0.29) is 12.1 Å². The van der Waals surface area contributed by atoms with Gasteiger partial charge >= 0.3 is 0 Å². The molecule has 1 aliphatic heterocycles. The maximum atomic E-state index is 6.20. The van der Waals surface area contributed by atoms with E-state index in [4.69, 9.17) is 15.8 Å².